The molecule has 1 atom stereocenters. The number of benzene rings is 1. The summed E-state index contributed by atoms with van der Waals surface area (Å²) in [5, 5.41) is 1.72. The summed E-state index contributed by atoms with van der Waals surface area (Å²) >= 11 is 13.8. The highest BCUT2D eigenvalue weighted by atomic mass is 35.5. The Balaban J connectivity index is 1.29. The average molecular weight is 488 g/mol. The molecule has 0 saturated carbocycles. The van der Waals surface area contributed by atoms with Gasteiger partial charge in [0.05, 0.1) is 11.2 Å². The predicted octanol–water partition coefficient (Wildman–Crippen LogP) is 4.34. The Hall–Kier alpha value is -2.26. The Bertz CT molecular complexity index is 1180. The van der Waals surface area contributed by atoms with Crippen molar-refractivity contribution in [2.45, 2.75) is 35.2 Å². The van der Waals surface area contributed by atoms with Gasteiger partial charge in [-0.3, -0.25) is 0 Å². The van der Waals surface area contributed by atoms with Crippen LogP contribution < -0.4 is 22.1 Å². The minimum Gasteiger partial charge on any atom is -0.382 e. The van der Waals surface area contributed by atoms with E-state index in [1.54, 1.807) is 18.5 Å². The maximum atomic E-state index is 6.70. The standard InChI is InChI=1S/C22H23Cl2N7S/c23-13-2-1-12-10-22(18(25)14(12)9-13)4-7-31(8-5-22)16-11-29-21(20(27)30-16)32-15-3-6-28-19(26)17(15)24/h1-3,6,9,11,18H,4-5,7-8,10,25H2,(H2,26,28)(H2,27,30)/t18-/m1/s1. The fourth-order valence-electron chi connectivity index (χ4n) is 4.74. The molecule has 2 aromatic heterocycles. The molecule has 3 heterocycles. The van der Waals surface area contributed by atoms with Crippen LogP contribution in [0.3, 0.4) is 0 Å². The molecule has 1 aliphatic heterocycles. The molecule has 166 valence electrons. The van der Waals surface area contributed by atoms with Gasteiger partial charge in [0.1, 0.15) is 16.7 Å². The third-order valence-electron chi connectivity index (χ3n) is 6.57. The van der Waals surface area contributed by atoms with Gasteiger partial charge in [-0.1, -0.05) is 41.0 Å². The van der Waals surface area contributed by atoms with Gasteiger partial charge in [0, 0.05) is 35.2 Å². The van der Waals surface area contributed by atoms with Crippen LogP contribution in [0.15, 0.2) is 46.6 Å². The van der Waals surface area contributed by atoms with E-state index in [4.69, 9.17) is 40.4 Å². The molecular formula is C22H23Cl2N7S. The van der Waals surface area contributed by atoms with Gasteiger partial charge in [-0.25, -0.2) is 15.0 Å². The fraction of sp³-hybridized carbons (Fsp3) is 0.318. The summed E-state index contributed by atoms with van der Waals surface area (Å²) in [6, 6.07) is 7.87. The first kappa shape index (κ1) is 21.6. The quantitative estimate of drug-likeness (QED) is 0.498. The third-order valence-corrected chi connectivity index (χ3v) is 8.38. The van der Waals surface area contributed by atoms with Gasteiger partial charge in [0.2, 0.25) is 0 Å². The van der Waals surface area contributed by atoms with Crippen molar-refractivity contribution < 1.29 is 0 Å². The van der Waals surface area contributed by atoms with E-state index in [-0.39, 0.29) is 17.3 Å². The molecule has 32 heavy (non-hydrogen) atoms. The van der Waals surface area contributed by atoms with Crippen LogP contribution in [0.2, 0.25) is 10.0 Å². The maximum Gasteiger partial charge on any atom is 0.158 e. The van der Waals surface area contributed by atoms with Gasteiger partial charge < -0.3 is 22.1 Å². The lowest BCUT2D eigenvalue weighted by molar-refractivity contribution is 0.187. The molecule has 1 saturated heterocycles. The highest BCUT2D eigenvalue weighted by Crippen LogP contribution is 2.51. The molecule has 1 spiro atoms. The number of aromatic nitrogens is 3. The smallest absolute Gasteiger partial charge is 0.158 e. The van der Waals surface area contributed by atoms with Crippen molar-refractivity contribution in [2.24, 2.45) is 11.1 Å². The molecule has 1 aromatic carbocycles. The predicted molar refractivity (Wildman–Crippen MR) is 130 cm³/mol. The Morgan fingerprint density at radius 1 is 1.06 bits per heavy atom. The number of piperidine rings is 1. The second-order valence-electron chi connectivity index (χ2n) is 8.38. The molecule has 0 bridgehead atoms. The minimum absolute atomic E-state index is 0.00540. The summed E-state index contributed by atoms with van der Waals surface area (Å²) in [7, 11) is 0. The van der Waals surface area contributed by atoms with Gasteiger partial charge in [-0.15, -0.1) is 0 Å². The van der Waals surface area contributed by atoms with Crippen LogP contribution in [0.5, 0.6) is 0 Å². The Labute approximate surface area is 200 Å². The molecular weight excluding hydrogens is 465 g/mol. The van der Waals surface area contributed by atoms with Gasteiger partial charge >= 0.3 is 0 Å². The highest BCUT2D eigenvalue weighted by Gasteiger charge is 2.46. The van der Waals surface area contributed by atoms with Gasteiger partial charge in [-0.05, 0) is 54.0 Å². The lowest BCUT2D eigenvalue weighted by atomic mass is 9.73. The number of hydrogen-bond donors (Lipinski definition) is 3. The van der Waals surface area contributed by atoms with Gasteiger partial charge in [0.15, 0.2) is 5.82 Å². The molecule has 1 aliphatic carbocycles. The molecule has 1 fully saturated rings. The van der Waals surface area contributed by atoms with E-state index in [1.165, 1.54) is 22.9 Å². The van der Waals surface area contributed by atoms with Crippen LogP contribution >= 0.6 is 35.0 Å². The van der Waals surface area contributed by atoms with Crippen molar-refractivity contribution >= 4 is 52.4 Å². The van der Waals surface area contributed by atoms with Gasteiger partial charge in [-0.2, -0.15) is 0 Å². The van der Waals surface area contributed by atoms with E-state index in [1.807, 2.05) is 12.1 Å². The highest BCUT2D eigenvalue weighted by molar-refractivity contribution is 7.99. The lowest BCUT2D eigenvalue weighted by Gasteiger charge is -2.42. The third kappa shape index (κ3) is 3.75. The summed E-state index contributed by atoms with van der Waals surface area (Å²) in [5.41, 5.74) is 21.3. The second kappa shape index (κ2) is 8.26. The van der Waals surface area contributed by atoms with E-state index in [9.17, 15) is 0 Å². The van der Waals surface area contributed by atoms with Crippen LogP contribution in [0, 0.1) is 5.41 Å². The Morgan fingerprint density at radius 3 is 2.59 bits per heavy atom. The Kier molecular flexibility index (Phi) is 5.57. The Morgan fingerprint density at radius 2 is 1.84 bits per heavy atom. The van der Waals surface area contributed by atoms with E-state index in [0.717, 1.165) is 48.1 Å². The number of hydrogen-bond acceptors (Lipinski definition) is 8. The molecule has 0 radical (unpaired) electrons. The molecule has 2 aliphatic rings. The van der Waals surface area contributed by atoms with E-state index in [0.29, 0.717) is 15.9 Å². The van der Waals surface area contributed by atoms with Crippen molar-refractivity contribution in [1.29, 1.82) is 0 Å². The average Bonchev–Trinajstić information content (AvgIpc) is 3.04. The van der Waals surface area contributed by atoms with Crippen molar-refractivity contribution in [3.63, 3.8) is 0 Å². The molecule has 10 heteroatoms. The van der Waals surface area contributed by atoms with E-state index < -0.39 is 0 Å². The molecule has 0 unspecified atom stereocenters. The summed E-state index contributed by atoms with van der Waals surface area (Å²) in [4.78, 5) is 16.1. The van der Waals surface area contributed by atoms with Crippen LogP contribution in [-0.4, -0.2) is 28.0 Å². The summed E-state index contributed by atoms with van der Waals surface area (Å²) in [5.74, 6) is 1.41. The zero-order valence-corrected chi connectivity index (χ0v) is 19.6. The first-order valence-electron chi connectivity index (χ1n) is 10.4. The zero-order chi connectivity index (χ0) is 22.5. The summed E-state index contributed by atoms with van der Waals surface area (Å²) < 4.78 is 0. The SMILES string of the molecule is Nc1nc(N2CCC3(CC2)Cc2ccc(Cl)cc2[C@H]3N)cnc1Sc1ccnc(N)c1Cl. The first-order chi connectivity index (χ1) is 15.4. The fourth-order valence-corrected chi connectivity index (χ4v) is 5.94. The molecule has 6 N–H and O–H groups in total. The number of pyridine rings is 1. The monoisotopic (exact) mass is 487 g/mol. The van der Waals surface area contributed by atoms with Crippen LogP contribution in [0.4, 0.5) is 17.5 Å². The van der Waals surface area contributed by atoms with E-state index in [2.05, 4.69) is 25.9 Å². The number of nitrogens with zero attached hydrogens (tertiary/aromatic N) is 4. The second-order valence-corrected chi connectivity index (χ2v) is 10.2. The number of anilines is 3. The zero-order valence-electron chi connectivity index (χ0n) is 17.3. The summed E-state index contributed by atoms with van der Waals surface area (Å²) in [6.07, 6.45) is 6.31. The summed E-state index contributed by atoms with van der Waals surface area (Å²) in [6.45, 7) is 1.70. The molecule has 0 amide bonds. The van der Waals surface area contributed by atoms with Crippen LogP contribution in [0.25, 0.3) is 0 Å². The van der Waals surface area contributed by atoms with Gasteiger partial charge in [0.25, 0.3) is 0 Å². The maximum absolute atomic E-state index is 6.70. The van der Waals surface area contributed by atoms with Crippen LogP contribution in [0.1, 0.15) is 30.0 Å². The molecule has 5 rings (SSSR count). The molecule has 3 aromatic rings. The van der Waals surface area contributed by atoms with Crippen LogP contribution in [-0.2, 0) is 6.42 Å². The number of nitrogen functional groups attached to an aromatic ring is 2. The number of halogens is 2. The van der Waals surface area contributed by atoms with Crippen molar-refractivity contribution in [1.82, 2.24) is 15.0 Å². The van der Waals surface area contributed by atoms with Crippen molar-refractivity contribution in [3.8, 4) is 0 Å². The normalized spacial score (nSPS) is 19.3. The first-order valence-corrected chi connectivity index (χ1v) is 11.9. The number of fused-ring (bicyclic) bond motifs is 1. The van der Waals surface area contributed by atoms with Crippen molar-refractivity contribution in [3.05, 3.63) is 57.8 Å². The topological polar surface area (TPSA) is 120 Å². The van der Waals surface area contributed by atoms with E-state index >= 15 is 0 Å². The lowest BCUT2D eigenvalue weighted by Crippen LogP contribution is -2.44. The number of nitrogens with two attached hydrogens (primary N) is 3. The number of rotatable bonds is 3. The largest absolute Gasteiger partial charge is 0.382 e. The molecule has 7 nitrogen and oxygen atoms in total. The minimum atomic E-state index is 0.00540. The van der Waals surface area contributed by atoms with Crippen molar-refractivity contribution in [2.75, 3.05) is 29.5 Å².